The van der Waals surface area contributed by atoms with Crippen LogP contribution in [0.2, 0.25) is 0 Å². The molecule has 0 fully saturated rings. The second-order valence-electron chi connectivity index (χ2n) is 9.86. The zero-order valence-electron chi connectivity index (χ0n) is 21.4. The zero-order valence-corrected chi connectivity index (χ0v) is 21.4. The highest BCUT2D eigenvalue weighted by atomic mass is 16.4. The van der Waals surface area contributed by atoms with Gasteiger partial charge in [-0.1, -0.05) is 67.6 Å². The molecule has 1 amide bonds. The number of hydrogen-bond donors (Lipinski definition) is 2. The zero-order chi connectivity index (χ0) is 26.4. The van der Waals surface area contributed by atoms with Crippen molar-refractivity contribution in [1.29, 1.82) is 0 Å². The number of amides is 1. The normalized spacial score (nSPS) is 12.7. The number of aromatic nitrogens is 1. The Bertz CT molecular complexity index is 1720. The van der Waals surface area contributed by atoms with Gasteiger partial charge in [-0.25, -0.2) is 4.79 Å². The number of carbonyl (C=O) groups is 2. The first-order chi connectivity index (χ1) is 18.5. The quantitative estimate of drug-likeness (QED) is 0.262. The van der Waals surface area contributed by atoms with Crippen molar-refractivity contribution in [3.05, 3.63) is 119 Å². The Kier molecular flexibility index (Phi) is 5.84. The highest BCUT2D eigenvalue weighted by Gasteiger charge is 2.25. The number of rotatable bonds is 5. The molecule has 0 aliphatic carbocycles. The monoisotopic (exact) mass is 500 g/mol. The van der Waals surface area contributed by atoms with Gasteiger partial charge < -0.3 is 15.0 Å². The molecule has 4 aromatic carbocycles. The Morgan fingerprint density at radius 1 is 0.868 bits per heavy atom. The molecule has 5 nitrogen and oxygen atoms in total. The van der Waals surface area contributed by atoms with Crippen LogP contribution in [-0.2, 0) is 6.54 Å². The van der Waals surface area contributed by atoms with Crippen LogP contribution in [0.1, 0.15) is 56.8 Å². The SMILES string of the molecule is CCC(NC(=O)c1ccc2c(c1)c(C)c1n2Cc2ccccc2-c2ccc(C(=O)O)cc2-1)c1ccccc1. The maximum Gasteiger partial charge on any atom is 0.335 e. The van der Waals surface area contributed by atoms with Crippen molar-refractivity contribution in [3.8, 4) is 22.4 Å². The summed E-state index contributed by atoms with van der Waals surface area (Å²) in [4.78, 5) is 25.2. The van der Waals surface area contributed by atoms with E-state index >= 15 is 0 Å². The van der Waals surface area contributed by atoms with Gasteiger partial charge in [-0.05, 0) is 71.5 Å². The summed E-state index contributed by atoms with van der Waals surface area (Å²) in [5.74, 6) is -1.06. The van der Waals surface area contributed by atoms with E-state index in [2.05, 4.69) is 35.9 Å². The molecule has 5 aromatic rings. The van der Waals surface area contributed by atoms with E-state index in [1.165, 1.54) is 5.56 Å². The third kappa shape index (κ3) is 3.88. The molecule has 2 heterocycles. The minimum absolute atomic E-state index is 0.0657. The second-order valence-corrected chi connectivity index (χ2v) is 9.86. The van der Waals surface area contributed by atoms with Gasteiger partial charge in [-0.2, -0.15) is 0 Å². The third-order valence-corrected chi connectivity index (χ3v) is 7.65. The Morgan fingerprint density at radius 3 is 2.37 bits per heavy atom. The number of benzene rings is 4. The number of carbonyl (C=O) groups excluding carboxylic acids is 1. The molecular formula is C33H28N2O3. The number of fused-ring (bicyclic) bond motifs is 7. The van der Waals surface area contributed by atoms with Gasteiger partial charge in [0.2, 0.25) is 0 Å². The lowest BCUT2D eigenvalue weighted by atomic mass is 9.92. The number of nitrogens with zero attached hydrogens (tertiary/aromatic N) is 1. The summed E-state index contributed by atoms with van der Waals surface area (Å²) in [5.41, 5.74) is 9.17. The molecule has 0 saturated carbocycles. The molecule has 5 heteroatoms. The van der Waals surface area contributed by atoms with E-state index < -0.39 is 5.97 Å². The van der Waals surface area contributed by atoms with E-state index in [0.29, 0.717) is 12.1 Å². The van der Waals surface area contributed by atoms with Gasteiger partial charge in [-0.15, -0.1) is 0 Å². The summed E-state index contributed by atoms with van der Waals surface area (Å²) >= 11 is 0. The van der Waals surface area contributed by atoms with Gasteiger partial charge >= 0.3 is 5.97 Å². The van der Waals surface area contributed by atoms with Crippen molar-refractivity contribution >= 4 is 22.8 Å². The summed E-state index contributed by atoms with van der Waals surface area (Å²) in [5, 5.41) is 13.9. The van der Waals surface area contributed by atoms with Crippen LogP contribution >= 0.6 is 0 Å². The minimum Gasteiger partial charge on any atom is -0.478 e. The van der Waals surface area contributed by atoms with Crippen LogP contribution < -0.4 is 5.32 Å². The van der Waals surface area contributed by atoms with E-state index in [0.717, 1.165) is 50.8 Å². The van der Waals surface area contributed by atoms with Crippen LogP contribution in [0.4, 0.5) is 0 Å². The van der Waals surface area contributed by atoms with Crippen molar-refractivity contribution in [2.45, 2.75) is 32.9 Å². The van der Waals surface area contributed by atoms with E-state index in [1.54, 1.807) is 12.1 Å². The molecule has 0 saturated heterocycles. The van der Waals surface area contributed by atoms with Gasteiger partial charge in [0.25, 0.3) is 5.91 Å². The topological polar surface area (TPSA) is 71.3 Å². The average Bonchev–Trinajstić information content (AvgIpc) is 3.12. The van der Waals surface area contributed by atoms with E-state index in [1.807, 2.05) is 66.7 Å². The summed E-state index contributed by atoms with van der Waals surface area (Å²) in [6, 6.07) is 29.4. The molecule has 6 rings (SSSR count). The first kappa shape index (κ1) is 23.7. The lowest BCUT2D eigenvalue weighted by Gasteiger charge is -2.17. The van der Waals surface area contributed by atoms with Gasteiger partial charge in [0.05, 0.1) is 17.3 Å². The molecule has 38 heavy (non-hydrogen) atoms. The van der Waals surface area contributed by atoms with Crippen molar-refractivity contribution in [1.82, 2.24) is 9.88 Å². The standard InChI is InChI=1S/C33H28N2O3/c1-3-29(21-9-5-4-6-10-21)34-32(36)22-14-16-30-27(17-22)20(2)31-28-18-23(33(37)38)13-15-26(28)25-12-8-7-11-24(25)19-35(30)31/h4-18,29H,3,19H2,1-2H3,(H,34,36)(H,37,38). The van der Waals surface area contributed by atoms with Gasteiger partial charge in [0.15, 0.2) is 0 Å². The number of carboxylic acid groups (broad SMARTS) is 1. The Morgan fingerprint density at radius 2 is 1.61 bits per heavy atom. The Labute approximate surface area is 221 Å². The lowest BCUT2D eigenvalue weighted by Crippen LogP contribution is -2.28. The summed E-state index contributed by atoms with van der Waals surface area (Å²) in [7, 11) is 0. The molecular weight excluding hydrogens is 472 g/mol. The minimum atomic E-state index is -0.950. The maximum absolute atomic E-state index is 13.3. The molecule has 2 N–H and O–H groups in total. The summed E-state index contributed by atoms with van der Waals surface area (Å²) < 4.78 is 2.25. The summed E-state index contributed by atoms with van der Waals surface area (Å²) in [6.07, 6.45) is 0.791. The van der Waals surface area contributed by atoms with Crippen molar-refractivity contribution in [2.75, 3.05) is 0 Å². The van der Waals surface area contributed by atoms with Crippen molar-refractivity contribution in [2.24, 2.45) is 0 Å². The van der Waals surface area contributed by atoms with Crippen LogP contribution in [0, 0.1) is 6.92 Å². The first-order valence-electron chi connectivity index (χ1n) is 12.9. The fourth-order valence-corrected chi connectivity index (χ4v) is 5.72. The van der Waals surface area contributed by atoms with Gasteiger partial charge in [0.1, 0.15) is 0 Å². The highest BCUT2D eigenvalue weighted by Crippen LogP contribution is 2.43. The largest absolute Gasteiger partial charge is 0.478 e. The molecule has 0 radical (unpaired) electrons. The molecule has 1 atom stereocenters. The number of aromatic carboxylic acids is 1. The Hall–Kier alpha value is -4.64. The van der Waals surface area contributed by atoms with Crippen LogP contribution in [-0.4, -0.2) is 21.6 Å². The lowest BCUT2D eigenvalue weighted by molar-refractivity contribution is 0.0696. The average molecular weight is 501 g/mol. The predicted molar refractivity (Wildman–Crippen MR) is 151 cm³/mol. The number of hydrogen-bond acceptors (Lipinski definition) is 2. The molecule has 1 aliphatic heterocycles. The number of nitrogens with one attached hydrogen (secondary N) is 1. The molecule has 0 bridgehead atoms. The number of aryl methyl sites for hydroxylation is 1. The number of carboxylic acids is 1. The van der Waals surface area contributed by atoms with Gasteiger partial charge in [-0.3, -0.25) is 4.79 Å². The van der Waals surface area contributed by atoms with E-state index in [-0.39, 0.29) is 17.5 Å². The molecule has 1 unspecified atom stereocenters. The van der Waals surface area contributed by atoms with Crippen LogP contribution in [0.25, 0.3) is 33.3 Å². The fraction of sp³-hybridized carbons (Fsp3) is 0.152. The van der Waals surface area contributed by atoms with Crippen LogP contribution in [0.3, 0.4) is 0 Å². The first-order valence-corrected chi connectivity index (χ1v) is 12.9. The van der Waals surface area contributed by atoms with Crippen LogP contribution in [0.15, 0.2) is 91.0 Å². The smallest absolute Gasteiger partial charge is 0.335 e. The fourth-order valence-electron chi connectivity index (χ4n) is 5.72. The third-order valence-electron chi connectivity index (χ3n) is 7.65. The van der Waals surface area contributed by atoms with Gasteiger partial charge in [0, 0.05) is 28.6 Å². The van der Waals surface area contributed by atoms with Crippen LogP contribution in [0.5, 0.6) is 0 Å². The molecule has 1 aromatic heterocycles. The Balaban J connectivity index is 1.48. The van der Waals surface area contributed by atoms with E-state index in [9.17, 15) is 14.7 Å². The highest BCUT2D eigenvalue weighted by molar-refractivity contribution is 6.03. The van der Waals surface area contributed by atoms with Crippen molar-refractivity contribution in [3.63, 3.8) is 0 Å². The molecule has 188 valence electrons. The van der Waals surface area contributed by atoms with E-state index in [4.69, 9.17) is 0 Å². The predicted octanol–water partition coefficient (Wildman–Crippen LogP) is 7.22. The maximum atomic E-state index is 13.3. The molecule has 0 spiro atoms. The second kappa shape index (κ2) is 9.34. The van der Waals surface area contributed by atoms with Crippen molar-refractivity contribution < 1.29 is 14.7 Å². The molecule has 1 aliphatic rings. The summed E-state index contributed by atoms with van der Waals surface area (Å²) in [6.45, 7) is 4.78.